The summed E-state index contributed by atoms with van der Waals surface area (Å²) < 4.78 is 27.8. The average Bonchev–Trinajstić information content (AvgIpc) is 2.70. The van der Waals surface area contributed by atoms with Crippen LogP contribution in [0.2, 0.25) is 0 Å². The summed E-state index contributed by atoms with van der Waals surface area (Å²) in [5, 5.41) is 3.26. The highest BCUT2D eigenvalue weighted by Crippen LogP contribution is 2.15. The first kappa shape index (κ1) is 12.9. The number of hydrogen-bond acceptors (Lipinski definition) is 4. The van der Waals surface area contributed by atoms with Gasteiger partial charge in [0.15, 0.2) is 9.84 Å². The third-order valence-corrected chi connectivity index (χ3v) is 4.70. The first-order valence-electron chi connectivity index (χ1n) is 5.56. The van der Waals surface area contributed by atoms with Crippen molar-refractivity contribution < 1.29 is 13.2 Å². The van der Waals surface area contributed by atoms with Crippen LogP contribution in [-0.4, -0.2) is 45.7 Å². The van der Waals surface area contributed by atoms with Crippen LogP contribution >= 0.6 is 0 Å². The lowest BCUT2D eigenvalue weighted by molar-refractivity contribution is 0.178. The highest BCUT2D eigenvalue weighted by Gasteiger charge is 2.21. The third-order valence-electron chi connectivity index (χ3n) is 2.99. The maximum absolute atomic E-state index is 11.2. The molecular weight excluding hydrogens is 214 g/mol. The number of rotatable bonds is 6. The summed E-state index contributed by atoms with van der Waals surface area (Å²) in [4.78, 5) is 0. The zero-order valence-electron chi connectivity index (χ0n) is 9.53. The van der Waals surface area contributed by atoms with Crippen molar-refractivity contribution in [3.05, 3.63) is 0 Å². The van der Waals surface area contributed by atoms with Crippen LogP contribution in [-0.2, 0) is 14.6 Å². The van der Waals surface area contributed by atoms with Crippen LogP contribution in [0.25, 0.3) is 0 Å². The molecular formula is C10H21NO3S. The molecule has 0 radical (unpaired) electrons. The van der Waals surface area contributed by atoms with Crippen molar-refractivity contribution in [3.63, 3.8) is 0 Å². The Labute approximate surface area is 92.3 Å². The Morgan fingerprint density at radius 2 is 2.27 bits per heavy atom. The minimum atomic E-state index is -2.83. The summed E-state index contributed by atoms with van der Waals surface area (Å²) in [7, 11) is -2.83. The quantitative estimate of drug-likeness (QED) is 0.725. The van der Waals surface area contributed by atoms with Gasteiger partial charge in [0.2, 0.25) is 0 Å². The van der Waals surface area contributed by atoms with Gasteiger partial charge in [-0.25, -0.2) is 8.42 Å². The lowest BCUT2D eigenvalue weighted by atomic mass is 10.0. The lowest BCUT2D eigenvalue weighted by Crippen LogP contribution is -2.37. The normalized spacial score (nSPS) is 24.3. The van der Waals surface area contributed by atoms with E-state index in [2.05, 4.69) is 12.2 Å². The van der Waals surface area contributed by atoms with E-state index in [9.17, 15) is 8.42 Å². The largest absolute Gasteiger partial charge is 0.381 e. The van der Waals surface area contributed by atoms with Crippen molar-refractivity contribution in [1.82, 2.24) is 5.32 Å². The molecule has 0 amide bonds. The smallest absolute Gasteiger partial charge is 0.151 e. The number of sulfone groups is 1. The van der Waals surface area contributed by atoms with Gasteiger partial charge in [0.1, 0.15) is 0 Å². The molecule has 0 aromatic carbocycles. The van der Waals surface area contributed by atoms with Gasteiger partial charge in [0, 0.05) is 24.9 Å². The minimum Gasteiger partial charge on any atom is -0.381 e. The molecule has 0 aliphatic carbocycles. The van der Waals surface area contributed by atoms with Crippen LogP contribution in [0.3, 0.4) is 0 Å². The summed E-state index contributed by atoms with van der Waals surface area (Å²) in [5.74, 6) is 1.01. The second-order valence-electron chi connectivity index (χ2n) is 4.10. The van der Waals surface area contributed by atoms with Gasteiger partial charge in [0.05, 0.1) is 12.4 Å². The SMILES string of the molecule is CCS(=O)(=O)CCNC(C)C1CCOC1. The molecule has 1 fully saturated rings. The van der Waals surface area contributed by atoms with E-state index in [1.54, 1.807) is 6.92 Å². The van der Waals surface area contributed by atoms with Crippen molar-refractivity contribution in [2.75, 3.05) is 31.3 Å². The molecule has 1 aliphatic rings. The van der Waals surface area contributed by atoms with Gasteiger partial charge >= 0.3 is 0 Å². The number of hydrogen-bond donors (Lipinski definition) is 1. The van der Waals surface area contributed by atoms with Crippen molar-refractivity contribution in [1.29, 1.82) is 0 Å². The van der Waals surface area contributed by atoms with Crippen molar-refractivity contribution in [2.45, 2.75) is 26.3 Å². The molecule has 90 valence electrons. The Kier molecular flexibility index (Phi) is 5.02. The summed E-state index contributed by atoms with van der Waals surface area (Å²) >= 11 is 0. The molecule has 2 atom stereocenters. The first-order chi connectivity index (χ1) is 7.05. The van der Waals surface area contributed by atoms with Crippen LogP contribution in [0.4, 0.5) is 0 Å². The van der Waals surface area contributed by atoms with E-state index in [4.69, 9.17) is 4.74 Å². The van der Waals surface area contributed by atoms with Gasteiger partial charge in [-0.15, -0.1) is 0 Å². The van der Waals surface area contributed by atoms with E-state index in [1.807, 2.05) is 0 Å². The predicted molar refractivity (Wildman–Crippen MR) is 60.7 cm³/mol. The van der Waals surface area contributed by atoms with E-state index < -0.39 is 9.84 Å². The van der Waals surface area contributed by atoms with Crippen molar-refractivity contribution >= 4 is 9.84 Å². The maximum atomic E-state index is 11.2. The molecule has 4 nitrogen and oxygen atoms in total. The van der Waals surface area contributed by atoms with Gasteiger partial charge in [-0.2, -0.15) is 0 Å². The van der Waals surface area contributed by atoms with Crippen LogP contribution in [0.5, 0.6) is 0 Å². The second-order valence-corrected chi connectivity index (χ2v) is 6.58. The van der Waals surface area contributed by atoms with Crippen LogP contribution in [0, 0.1) is 5.92 Å². The highest BCUT2D eigenvalue weighted by atomic mass is 32.2. The molecule has 5 heteroatoms. The minimum absolute atomic E-state index is 0.232. The Bertz CT molecular complexity index is 270. The second kappa shape index (κ2) is 5.82. The fourth-order valence-electron chi connectivity index (χ4n) is 1.70. The van der Waals surface area contributed by atoms with Gasteiger partial charge < -0.3 is 10.1 Å². The highest BCUT2D eigenvalue weighted by molar-refractivity contribution is 7.91. The van der Waals surface area contributed by atoms with E-state index in [-0.39, 0.29) is 11.5 Å². The van der Waals surface area contributed by atoms with E-state index in [1.165, 1.54) is 0 Å². The van der Waals surface area contributed by atoms with Gasteiger partial charge in [-0.1, -0.05) is 6.92 Å². The Balaban J connectivity index is 2.19. The lowest BCUT2D eigenvalue weighted by Gasteiger charge is -2.18. The van der Waals surface area contributed by atoms with Gasteiger partial charge in [-0.3, -0.25) is 0 Å². The van der Waals surface area contributed by atoms with Crippen LogP contribution in [0.1, 0.15) is 20.3 Å². The Morgan fingerprint density at radius 3 is 2.80 bits per heavy atom. The zero-order chi connectivity index (χ0) is 11.3. The van der Waals surface area contributed by atoms with Gasteiger partial charge in [-0.05, 0) is 19.3 Å². The third kappa shape index (κ3) is 4.49. The molecule has 15 heavy (non-hydrogen) atoms. The summed E-state index contributed by atoms with van der Waals surface area (Å²) in [6, 6.07) is 0.347. The summed E-state index contributed by atoms with van der Waals surface area (Å²) in [6.45, 7) is 5.97. The Hall–Kier alpha value is -0.130. The molecule has 0 saturated carbocycles. The molecule has 1 heterocycles. The van der Waals surface area contributed by atoms with Crippen molar-refractivity contribution in [3.8, 4) is 0 Å². The van der Waals surface area contributed by atoms with Crippen molar-refractivity contribution in [2.24, 2.45) is 5.92 Å². The molecule has 1 saturated heterocycles. The van der Waals surface area contributed by atoms with E-state index in [0.29, 0.717) is 18.5 Å². The number of nitrogens with one attached hydrogen (secondary N) is 1. The van der Waals surface area contributed by atoms with E-state index >= 15 is 0 Å². The molecule has 0 bridgehead atoms. The molecule has 1 N–H and O–H groups in total. The van der Waals surface area contributed by atoms with Gasteiger partial charge in [0.25, 0.3) is 0 Å². The van der Waals surface area contributed by atoms with E-state index in [0.717, 1.165) is 19.6 Å². The molecule has 1 aliphatic heterocycles. The Morgan fingerprint density at radius 1 is 1.53 bits per heavy atom. The topological polar surface area (TPSA) is 55.4 Å². The molecule has 2 unspecified atom stereocenters. The van der Waals surface area contributed by atoms with Crippen LogP contribution < -0.4 is 5.32 Å². The molecule has 0 aromatic rings. The number of ether oxygens (including phenoxy) is 1. The monoisotopic (exact) mass is 235 g/mol. The van der Waals surface area contributed by atoms with Crippen LogP contribution in [0.15, 0.2) is 0 Å². The first-order valence-corrected chi connectivity index (χ1v) is 7.39. The average molecular weight is 235 g/mol. The molecule has 1 rings (SSSR count). The maximum Gasteiger partial charge on any atom is 0.151 e. The molecule has 0 aromatic heterocycles. The predicted octanol–water partition coefficient (Wildman–Crippen LogP) is 0.436. The summed E-state index contributed by atoms with van der Waals surface area (Å²) in [6.07, 6.45) is 1.08. The fraction of sp³-hybridized carbons (Fsp3) is 1.00. The standard InChI is InChI=1S/C10H21NO3S/c1-3-15(12,13)7-5-11-9(2)10-4-6-14-8-10/h9-11H,3-8H2,1-2H3. The molecule has 0 spiro atoms. The summed E-state index contributed by atoms with van der Waals surface area (Å²) in [5.41, 5.74) is 0. The zero-order valence-corrected chi connectivity index (χ0v) is 10.3. The fourth-order valence-corrected chi connectivity index (χ4v) is 2.42.